The fraction of sp³-hybridized carbons (Fsp3) is 0.286. The van der Waals surface area contributed by atoms with Gasteiger partial charge in [-0.25, -0.2) is 12.4 Å². The number of nitrogens with zero attached hydrogens (tertiary/aromatic N) is 1. The first kappa shape index (κ1) is 19.2. The molecule has 0 unspecified atom stereocenters. The molecule has 1 N–H and O–H groups in total. The van der Waals surface area contributed by atoms with Gasteiger partial charge in [0.25, 0.3) is 10.0 Å². The predicted octanol–water partition coefficient (Wildman–Crippen LogP) is 4.33. The Balaban J connectivity index is 2.27. The summed E-state index contributed by atoms with van der Waals surface area (Å²) in [5.74, 6) is -1.22. The number of rotatable bonds is 6. The SMILES string of the molecule is CCc1ccc([C@@H](C)CC(=O)O)c2c1ccn2S(=O)(=O)c1ccc(C)cc1. The highest BCUT2D eigenvalue weighted by Gasteiger charge is 2.24. The zero-order valence-electron chi connectivity index (χ0n) is 15.6. The maximum Gasteiger partial charge on any atom is 0.303 e. The Kier molecular flexibility index (Phi) is 5.11. The van der Waals surface area contributed by atoms with Gasteiger partial charge in [-0.3, -0.25) is 4.79 Å². The van der Waals surface area contributed by atoms with Crippen LogP contribution in [0.2, 0.25) is 0 Å². The Morgan fingerprint density at radius 3 is 2.37 bits per heavy atom. The van der Waals surface area contributed by atoms with Crippen LogP contribution in [0.1, 0.15) is 42.9 Å². The Hall–Kier alpha value is -2.60. The van der Waals surface area contributed by atoms with Crippen LogP contribution in [0.15, 0.2) is 53.6 Å². The molecule has 0 radical (unpaired) electrons. The molecule has 0 bridgehead atoms. The average Bonchev–Trinajstić information content (AvgIpc) is 3.06. The second-order valence-electron chi connectivity index (χ2n) is 6.86. The summed E-state index contributed by atoms with van der Waals surface area (Å²) < 4.78 is 27.8. The minimum absolute atomic E-state index is 0.0592. The minimum Gasteiger partial charge on any atom is -0.481 e. The third kappa shape index (κ3) is 3.49. The lowest BCUT2D eigenvalue weighted by atomic mass is 9.93. The largest absolute Gasteiger partial charge is 0.481 e. The molecule has 0 saturated carbocycles. The Morgan fingerprint density at radius 2 is 1.78 bits per heavy atom. The van der Waals surface area contributed by atoms with Gasteiger partial charge in [-0.05, 0) is 48.6 Å². The summed E-state index contributed by atoms with van der Waals surface area (Å²) >= 11 is 0. The number of hydrogen-bond acceptors (Lipinski definition) is 3. The zero-order valence-corrected chi connectivity index (χ0v) is 16.5. The van der Waals surface area contributed by atoms with Crippen molar-refractivity contribution in [2.24, 2.45) is 0 Å². The molecule has 5 nitrogen and oxygen atoms in total. The molecule has 0 aliphatic rings. The number of aliphatic carboxylic acids is 1. The number of carboxylic acids is 1. The van der Waals surface area contributed by atoms with Crippen molar-refractivity contribution in [3.05, 3.63) is 65.4 Å². The van der Waals surface area contributed by atoms with Crippen LogP contribution in [0.4, 0.5) is 0 Å². The van der Waals surface area contributed by atoms with Crippen LogP contribution in [0.5, 0.6) is 0 Å². The third-order valence-electron chi connectivity index (χ3n) is 4.91. The smallest absolute Gasteiger partial charge is 0.303 e. The van der Waals surface area contributed by atoms with E-state index in [0.29, 0.717) is 5.52 Å². The van der Waals surface area contributed by atoms with Gasteiger partial charge in [0.05, 0.1) is 16.8 Å². The van der Waals surface area contributed by atoms with E-state index in [4.69, 9.17) is 0 Å². The van der Waals surface area contributed by atoms with E-state index in [1.54, 1.807) is 36.5 Å². The van der Waals surface area contributed by atoms with Crippen molar-refractivity contribution in [1.82, 2.24) is 3.97 Å². The average molecular weight is 385 g/mol. The third-order valence-corrected chi connectivity index (χ3v) is 6.60. The second-order valence-corrected chi connectivity index (χ2v) is 8.67. The van der Waals surface area contributed by atoms with Crippen LogP contribution in [0.25, 0.3) is 10.9 Å². The molecule has 1 aromatic heterocycles. The summed E-state index contributed by atoms with van der Waals surface area (Å²) in [7, 11) is -3.78. The molecule has 0 amide bonds. The molecule has 1 heterocycles. The van der Waals surface area contributed by atoms with Crippen LogP contribution >= 0.6 is 0 Å². The number of hydrogen-bond donors (Lipinski definition) is 1. The summed E-state index contributed by atoms with van der Waals surface area (Å²) in [6, 6.07) is 12.3. The highest BCUT2D eigenvalue weighted by molar-refractivity contribution is 7.90. The molecule has 1 atom stereocenters. The molecule has 2 aromatic carbocycles. The molecule has 0 spiro atoms. The summed E-state index contributed by atoms with van der Waals surface area (Å²) in [6.45, 7) is 5.73. The van der Waals surface area contributed by atoms with Gasteiger partial charge in [-0.1, -0.05) is 43.7 Å². The Morgan fingerprint density at radius 1 is 1.11 bits per heavy atom. The van der Waals surface area contributed by atoms with Gasteiger partial charge >= 0.3 is 5.97 Å². The monoisotopic (exact) mass is 385 g/mol. The second kappa shape index (κ2) is 7.19. The fourth-order valence-corrected chi connectivity index (χ4v) is 4.79. The first-order valence-electron chi connectivity index (χ1n) is 8.92. The number of carboxylic acid groups (broad SMARTS) is 1. The molecule has 6 heteroatoms. The normalized spacial score (nSPS) is 13.0. The van der Waals surface area contributed by atoms with E-state index in [1.165, 1.54) is 3.97 Å². The molecule has 0 fully saturated rings. The van der Waals surface area contributed by atoms with Crippen LogP contribution in [0.3, 0.4) is 0 Å². The van der Waals surface area contributed by atoms with Crippen molar-refractivity contribution in [3.8, 4) is 0 Å². The van der Waals surface area contributed by atoms with Crippen LogP contribution in [-0.2, 0) is 21.2 Å². The van der Waals surface area contributed by atoms with Crippen molar-refractivity contribution in [2.45, 2.75) is 44.4 Å². The van der Waals surface area contributed by atoms with Crippen molar-refractivity contribution in [3.63, 3.8) is 0 Å². The zero-order chi connectivity index (χ0) is 19.8. The number of carbonyl (C=O) groups is 1. The molecular weight excluding hydrogens is 362 g/mol. The highest BCUT2D eigenvalue weighted by atomic mass is 32.2. The number of aryl methyl sites for hydroxylation is 2. The van der Waals surface area contributed by atoms with Crippen LogP contribution in [-0.4, -0.2) is 23.5 Å². The lowest BCUT2D eigenvalue weighted by molar-refractivity contribution is -0.137. The van der Waals surface area contributed by atoms with Crippen LogP contribution < -0.4 is 0 Å². The van der Waals surface area contributed by atoms with E-state index in [9.17, 15) is 18.3 Å². The van der Waals surface area contributed by atoms with Crippen molar-refractivity contribution in [2.75, 3.05) is 0 Å². The van der Waals surface area contributed by atoms with Crippen molar-refractivity contribution >= 4 is 26.9 Å². The Bertz CT molecular complexity index is 1100. The van der Waals surface area contributed by atoms with Gasteiger partial charge in [0.1, 0.15) is 0 Å². The first-order valence-corrected chi connectivity index (χ1v) is 10.4. The molecule has 0 aliphatic carbocycles. The maximum atomic E-state index is 13.3. The van der Waals surface area contributed by atoms with E-state index in [1.807, 2.05) is 32.9 Å². The van der Waals surface area contributed by atoms with E-state index in [-0.39, 0.29) is 17.2 Å². The van der Waals surface area contributed by atoms with Crippen molar-refractivity contribution < 1.29 is 18.3 Å². The Labute approximate surface area is 159 Å². The quantitative estimate of drug-likeness (QED) is 0.685. The molecule has 0 saturated heterocycles. The maximum absolute atomic E-state index is 13.3. The standard InChI is InChI=1S/C21H23NO4S/c1-4-16-7-10-18(15(3)13-20(23)24)21-19(16)11-12-22(21)27(25,26)17-8-5-14(2)6-9-17/h5-12,15H,4,13H2,1-3H3,(H,23,24)/t15-/m0/s1. The molecule has 0 aliphatic heterocycles. The fourth-order valence-electron chi connectivity index (χ4n) is 3.42. The van der Waals surface area contributed by atoms with E-state index < -0.39 is 16.0 Å². The molecule has 142 valence electrons. The van der Waals surface area contributed by atoms with E-state index >= 15 is 0 Å². The highest BCUT2D eigenvalue weighted by Crippen LogP contribution is 2.33. The molecule has 27 heavy (non-hydrogen) atoms. The van der Waals surface area contributed by atoms with Gasteiger partial charge in [-0.15, -0.1) is 0 Å². The first-order chi connectivity index (χ1) is 12.8. The topological polar surface area (TPSA) is 76.4 Å². The lowest BCUT2D eigenvalue weighted by Gasteiger charge is -2.16. The van der Waals surface area contributed by atoms with Gasteiger partial charge < -0.3 is 5.11 Å². The number of fused-ring (bicyclic) bond motifs is 1. The molecule has 3 aromatic rings. The summed E-state index contributed by atoms with van der Waals surface area (Å²) in [4.78, 5) is 11.4. The number of benzene rings is 2. The van der Waals surface area contributed by atoms with E-state index in [2.05, 4.69) is 0 Å². The van der Waals surface area contributed by atoms with Gasteiger partial charge in [0, 0.05) is 11.6 Å². The van der Waals surface area contributed by atoms with Gasteiger partial charge in [0.15, 0.2) is 0 Å². The molecule has 3 rings (SSSR count). The summed E-state index contributed by atoms with van der Waals surface area (Å²) in [6.07, 6.45) is 2.27. The van der Waals surface area contributed by atoms with Gasteiger partial charge in [0.2, 0.25) is 0 Å². The van der Waals surface area contributed by atoms with Crippen molar-refractivity contribution in [1.29, 1.82) is 0 Å². The minimum atomic E-state index is -3.78. The summed E-state index contributed by atoms with van der Waals surface area (Å²) in [5.41, 5.74) is 3.32. The lowest BCUT2D eigenvalue weighted by Crippen LogP contribution is -2.14. The van der Waals surface area contributed by atoms with Gasteiger partial charge in [-0.2, -0.15) is 0 Å². The van der Waals surface area contributed by atoms with Crippen LogP contribution in [0, 0.1) is 6.92 Å². The van der Waals surface area contributed by atoms with E-state index in [0.717, 1.165) is 28.5 Å². The predicted molar refractivity (Wildman–Crippen MR) is 106 cm³/mol. The molecular formula is C21H23NO4S. The number of aromatic nitrogens is 1. The summed E-state index contributed by atoms with van der Waals surface area (Å²) in [5, 5.41) is 10.0.